The van der Waals surface area contributed by atoms with Crippen molar-refractivity contribution in [2.75, 3.05) is 10.6 Å². The highest BCUT2D eigenvalue weighted by atomic mass is 32.1. The summed E-state index contributed by atoms with van der Waals surface area (Å²) in [6, 6.07) is 4.16. The number of rotatable bonds is 3. The van der Waals surface area contributed by atoms with Crippen LogP contribution in [-0.2, 0) is 6.18 Å². The van der Waals surface area contributed by atoms with Gasteiger partial charge in [0.2, 0.25) is 10.1 Å². The molecule has 0 unspecified atom stereocenters. The Kier molecular flexibility index (Phi) is 4.21. The Morgan fingerprint density at radius 3 is 2.59 bits per heavy atom. The molecule has 0 aliphatic heterocycles. The van der Waals surface area contributed by atoms with Crippen LogP contribution in [0.4, 0.5) is 34.5 Å². The number of nitro benzene ring substituents is 1. The number of carbonyl (C=O) groups is 1. The van der Waals surface area contributed by atoms with Crippen LogP contribution in [0.3, 0.4) is 0 Å². The van der Waals surface area contributed by atoms with Gasteiger partial charge in [-0.3, -0.25) is 15.4 Å². The molecule has 0 spiro atoms. The van der Waals surface area contributed by atoms with E-state index in [-0.39, 0.29) is 27.8 Å². The summed E-state index contributed by atoms with van der Waals surface area (Å²) in [5, 5.41) is 19.4. The second kappa shape index (κ2) is 5.93. The lowest BCUT2D eigenvalue weighted by Gasteiger charge is -2.04. The van der Waals surface area contributed by atoms with Gasteiger partial charge in [-0.1, -0.05) is 17.4 Å². The highest BCUT2D eigenvalue weighted by Crippen LogP contribution is 2.33. The van der Waals surface area contributed by atoms with Crippen LogP contribution in [0.15, 0.2) is 24.3 Å². The van der Waals surface area contributed by atoms with E-state index in [0.717, 1.165) is 6.07 Å². The summed E-state index contributed by atoms with van der Waals surface area (Å²) in [6.07, 6.45) is -4.64. The maximum absolute atomic E-state index is 12.3. The minimum absolute atomic E-state index is 0.104. The summed E-state index contributed by atoms with van der Waals surface area (Å²) in [7, 11) is 0. The van der Waals surface area contributed by atoms with Crippen molar-refractivity contribution in [2.45, 2.75) is 6.18 Å². The highest BCUT2D eigenvalue weighted by molar-refractivity contribution is 7.15. The number of hydrogen-bond donors (Lipinski definition) is 2. The van der Waals surface area contributed by atoms with Crippen molar-refractivity contribution in [3.63, 3.8) is 0 Å². The van der Waals surface area contributed by atoms with Gasteiger partial charge in [0.15, 0.2) is 0 Å². The predicted molar refractivity (Wildman–Crippen MR) is 70.6 cm³/mol. The smallest absolute Gasteiger partial charge is 0.307 e. The maximum atomic E-state index is 12.3. The molecular formula is C10H6F3N5O3S. The first-order chi connectivity index (χ1) is 10.3. The number of nitrogens with one attached hydrogen (secondary N) is 2. The van der Waals surface area contributed by atoms with Gasteiger partial charge >= 0.3 is 12.2 Å². The third-order valence-corrected chi connectivity index (χ3v) is 3.09. The molecule has 2 rings (SSSR count). The molecule has 22 heavy (non-hydrogen) atoms. The lowest BCUT2D eigenvalue weighted by molar-refractivity contribution is -0.384. The van der Waals surface area contributed by atoms with Gasteiger partial charge in [-0.25, -0.2) is 4.79 Å². The number of aromatic nitrogens is 2. The minimum atomic E-state index is -4.64. The van der Waals surface area contributed by atoms with Crippen molar-refractivity contribution in [1.82, 2.24) is 10.2 Å². The van der Waals surface area contributed by atoms with Gasteiger partial charge in [-0.05, 0) is 6.07 Å². The molecule has 2 N–H and O–H groups in total. The molecule has 0 saturated carbocycles. The van der Waals surface area contributed by atoms with E-state index >= 15 is 0 Å². The molecule has 0 aliphatic carbocycles. The van der Waals surface area contributed by atoms with Gasteiger partial charge in [-0.15, -0.1) is 10.2 Å². The van der Waals surface area contributed by atoms with E-state index in [0.29, 0.717) is 0 Å². The molecule has 0 radical (unpaired) electrons. The van der Waals surface area contributed by atoms with E-state index in [4.69, 9.17) is 0 Å². The Balaban J connectivity index is 2.03. The van der Waals surface area contributed by atoms with E-state index in [9.17, 15) is 28.1 Å². The van der Waals surface area contributed by atoms with Crippen molar-refractivity contribution >= 4 is 33.9 Å². The number of nitrogens with zero attached hydrogens (tertiary/aromatic N) is 3. The minimum Gasteiger partial charge on any atom is -0.307 e. The van der Waals surface area contributed by atoms with E-state index < -0.39 is 22.1 Å². The summed E-state index contributed by atoms with van der Waals surface area (Å²) in [6.45, 7) is 0. The van der Waals surface area contributed by atoms with Crippen molar-refractivity contribution in [3.8, 4) is 0 Å². The number of nitro groups is 1. The van der Waals surface area contributed by atoms with Gasteiger partial charge in [0.25, 0.3) is 5.69 Å². The molecule has 0 saturated heterocycles. The number of amides is 2. The van der Waals surface area contributed by atoms with Gasteiger partial charge < -0.3 is 5.32 Å². The zero-order valence-electron chi connectivity index (χ0n) is 10.4. The SMILES string of the molecule is O=C(Nc1cccc([N+](=O)[O-])c1)Nc1nnc(C(F)(F)F)s1. The summed E-state index contributed by atoms with van der Waals surface area (Å²) in [4.78, 5) is 21.5. The Labute approximate surface area is 124 Å². The van der Waals surface area contributed by atoms with Crippen LogP contribution >= 0.6 is 11.3 Å². The van der Waals surface area contributed by atoms with Gasteiger partial charge in [0.05, 0.1) is 4.92 Å². The zero-order valence-corrected chi connectivity index (χ0v) is 11.2. The molecule has 2 aromatic rings. The molecule has 12 heteroatoms. The monoisotopic (exact) mass is 333 g/mol. The highest BCUT2D eigenvalue weighted by Gasteiger charge is 2.35. The lowest BCUT2D eigenvalue weighted by Crippen LogP contribution is -2.19. The molecule has 0 atom stereocenters. The zero-order chi connectivity index (χ0) is 16.3. The van der Waals surface area contributed by atoms with Crippen LogP contribution < -0.4 is 10.6 Å². The first-order valence-electron chi connectivity index (χ1n) is 5.49. The number of carbonyl (C=O) groups excluding carboxylic acids is 1. The first kappa shape index (κ1) is 15.6. The molecule has 1 heterocycles. The van der Waals surface area contributed by atoms with Crippen LogP contribution in [-0.4, -0.2) is 21.2 Å². The van der Waals surface area contributed by atoms with Crippen molar-refractivity contribution < 1.29 is 22.9 Å². The Morgan fingerprint density at radius 1 is 1.27 bits per heavy atom. The van der Waals surface area contributed by atoms with Crippen LogP contribution in [0.1, 0.15) is 5.01 Å². The van der Waals surface area contributed by atoms with Crippen LogP contribution in [0.2, 0.25) is 0 Å². The molecule has 116 valence electrons. The summed E-state index contributed by atoms with van der Waals surface area (Å²) >= 11 is 0.159. The third kappa shape index (κ3) is 3.88. The van der Waals surface area contributed by atoms with E-state index in [1.807, 2.05) is 0 Å². The average molecular weight is 333 g/mol. The van der Waals surface area contributed by atoms with Crippen molar-refractivity contribution in [2.24, 2.45) is 0 Å². The molecule has 1 aromatic carbocycles. The molecule has 8 nitrogen and oxygen atoms in total. The van der Waals surface area contributed by atoms with Crippen LogP contribution in [0.25, 0.3) is 0 Å². The molecule has 0 fully saturated rings. The Bertz CT molecular complexity index is 718. The fraction of sp³-hybridized carbons (Fsp3) is 0.100. The number of halogens is 3. The molecular weight excluding hydrogens is 327 g/mol. The largest absolute Gasteiger partial charge is 0.445 e. The van der Waals surface area contributed by atoms with Crippen molar-refractivity contribution in [1.29, 1.82) is 0 Å². The topological polar surface area (TPSA) is 110 Å². The van der Waals surface area contributed by atoms with Crippen LogP contribution in [0.5, 0.6) is 0 Å². The predicted octanol–water partition coefficient (Wildman–Crippen LogP) is 3.11. The maximum Gasteiger partial charge on any atom is 0.445 e. The fourth-order valence-electron chi connectivity index (χ4n) is 1.34. The normalized spacial score (nSPS) is 11.0. The van der Waals surface area contributed by atoms with Gasteiger partial charge in [0, 0.05) is 17.8 Å². The summed E-state index contributed by atoms with van der Waals surface area (Å²) < 4.78 is 37.0. The van der Waals surface area contributed by atoms with E-state index in [1.54, 1.807) is 0 Å². The fourth-order valence-corrected chi connectivity index (χ4v) is 1.95. The number of anilines is 2. The standard InChI is InChI=1S/C10H6F3N5O3S/c11-10(12,13)7-16-17-9(22-7)15-8(19)14-5-2-1-3-6(4-5)18(20)21/h1-4H,(H2,14,15,17,19). The number of alkyl halides is 3. The van der Waals surface area contributed by atoms with Gasteiger partial charge in [-0.2, -0.15) is 13.2 Å². The summed E-state index contributed by atoms with van der Waals surface area (Å²) in [5.41, 5.74) is -0.139. The average Bonchev–Trinajstić information content (AvgIpc) is 2.87. The molecule has 0 bridgehead atoms. The quantitative estimate of drug-likeness (QED) is 0.662. The Morgan fingerprint density at radius 2 is 2.00 bits per heavy atom. The lowest BCUT2D eigenvalue weighted by atomic mass is 10.3. The summed E-state index contributed by atoms with van der Waals surface area (Å²) in [5.74, 6) is 0. The second-order valence-electron chi connectivity index (χ2n) is 3.80. The first-order valence-corrected chi connectivity index (χ1v) is 6.30. The number of benzene rings is 1. The molecule has 2 amide bonds. The number of hydrogen-bond acceptors (Lipinski definition) is 6. The molecule has 0 aliphatic rings. The van der Waals surface area contributed by atoms with E-state index in [1.165, 1.54) is 18.2 Å². The Hall–Kier alpha value is -2.76. The van der Waals surface area contributed by atoms with Crippen LogP contribution in [0, 0.1) is 10.1 Å². The van der Waals surface area contributed by atoms with Gasteiger partial charge in [0.1, 0.15) is 0 Å². The number of non-ortho nitro benzene ring substituents is 1. The number of urea groups is 1. The molecule has 1 aromatic heterocycles. The van der Waals surface area contributed by atoms with E-state index in [2.05, 4.69) is 20.8 Å². The third-order valence-electron chi connectivity index (χ3n) is 2.20. The van der Waals surface area contributed by atoms with Crippen molar-refractivity contribution in [3.05, 3.63) is 39.4 Å². The second-order valence-corrected chi connectivity index (χ2v) is 4.77.